The van der Waals surface area contributed by atoms with Crippen LogP contribution in [0.4, 0.5) is 4.39 Å². The molecule has 1 unspecified atom stereocenters. The second-order valence-corrected chi connectivity index (χ2v) is 8.53. The van der Waals surface area contributed by atoms with Crippen LogP contribution in [0.3, 0.4) is 0 Å². The monoisotopic (exact) mass is 449 g/mol. The van der Waals surface area contributed by atoms with Crippen molar-refractivity contribution in [3.63, 3.8) is 0 Å². The molecule has 0 N–H and O–H groups in total. The lowest BCUT2D eigenvalue weighted by molar-refractivity contribution is -0.107. The van der Waals surface area contributed by atoms with E-state index in [0.717, 1.165) is 12.4 Å². The Hall–Kier alpha value is -3.37. The van der Waals surface area contributed by atoms with E-state index >= 15 is 0 Å². The molecular weight excluding hydrogens is 424 g/mol. The van der Waals surface area contributed by atoms with Crippen LogP contribution in [0.25, 0.3) is 16.9 Å². The predicted octanol–water partition coefficient (Wildman–Crippen LogP) is 5.63. The molecule has 0 saturated heterocycles. The fraction of sp³-hybridized carbons (Fsp3) is 0.200. The number of hydrogen-bond acceptors (Lipinski definition) is 4. The highest BCUT2D eigenvalue weighted by Crippen LogP contribution is 2.33. The van der Waals surface area contributed by atoms with Gasteiger partial charge >= 0.3 is 0 Å². The van der Waals surface area contributed by atoms with E-state index in [1.165, 1.54) is 22.3 Å². The van der Waals surface area contributed by atoms with Crippen LogP contribution in [-0.2, 0) is 17.4 Å². The number of benzene rings is 2. The number of rotatable bonds is 7. The number of aryl methyl sites for hydroxylation is 1. The molecule has 0 fully saturated rings. The van der Waals surface area contributed by atoms with Gasteiger partial charge in [0.25, 0.3) is 5.56 Å². The van der Waals surface area contributed by atoms with Crippen LogP contribution in [0.1, 0.15) is 31.5 Å². The summed E-state index contributed by atoms with van der Waals surface area (Å²) in [7, 11) is -0.772. The molecule has 0 aliphatic carbocycles. The van der Waals surface area contributed by atoms with E-state index in [4.69, 9.17) is 0 Å². The van der Waals surface area contributed by atoms with Crippen LogP contribution < -0.4 is 5.56 Å². The standard InChI is InChI=1S/C23H19FN3O2P.C2H6/c24-19-8-10-21(11-9-19)27-14-20(7-4-12-28)26-22(23(27)29)18-13-25-30(16-18)15-17-5-2-1-3-6-17;1-2/h1-3,5-6,8-14,16H,4,7,15H2;1-2H3. The zero-order valence-corrected chi connectivity index (χ0v) is 19.0. The molecule has 4 rings (SSSR count). The van der Waals surface area contributed by atoms with E-state index in [-0.39, 0.29) is 11.4 Å². The minimum atomic E-state index is -0.772. The lowest BCUT2D eigenvalue weighted by atomic mass is 10.2. The molecule has 2 aromatic heterocycles. The van der Waals surface area contributed by atoms with Gasteiger partial charge in [-0.25, -0.2) is 14.1 Å². The molecule has 7 heteroatoms. The van der Waals surface area contributed by atoms with E-state index in [1.807, 2.05) is 37.8 Å². The van der Waals surface area contributed by atoms with Crippen LogP contribution in [0.5, 0.6) is 0 Å². The topological polar surface area (TPSA) is 64.8 Å². The summed E-state index contributed by atoms with van der Waals surface area (Å²) in [5.74, 6) is 1.63. The summed E-state index contributed by atoms with van der Waals surface area (Å²) in [5, 5.41) is 0. The maximum absolute atomic E-state index is 13.3. The molecular formula is C25H25FN3O2P. The molecule has 0 aliphatic rings. The van der Waals surface area contributed by atoms with Gasteiger partial charge in [-0.05, 0) is 49.7 Å². The molecule has 0 aliphatic heterocycles. The quantitative estimate of drug-likeness (QED) is 0.343. The predicted molar refractivity (Wildman–Crippen MR) is 127 cm³/mol. The Morgan fingerprint density at radius 2 is 1.78 bits per heavy atom. The molecule has 0 saturated carbocycles. The van der Waals surface area contributed by atoms with E-state index in [1.54, 1.807) is 24.5 Å². The average Bonchev–Trinajstić information content (AvgIpc) is 3.29. The van der Waals surface area contributed by atoms with Crippen LogP contribution in [0, 0.1) is 5.82 Å². The number of carbonyl (C=O) groups is 1. The summed E-state index contributed by atoms with van der Waals surface area (Å²) in [6.45, 7) is 4.00. The second kappa shape index (κ2) is 11.3. The van der Waals surface area contributed by atoms with E-state index in [2.05, 4.69) is 21.9 Å². The van der Waals surface area contributed by atoms with Crippen LogP contribution in [-0.4, -0.2) is 20.6 Å². The molecule has 32 heavy (non-hydrogen) atoms. The van der Waals surface area contributed by atoms with Crippen molar-refractivity contribution in [1.82, 2.24) is 14.3 Å². The van der Waals surface area contributed by atoms with Crippen molar-refractivity contribution in [2.24, 2.45) is 0 Å². The van der Waals surface area contributed by atoms with E-state index in [0.29, 0.717) is 35.5 Å². The first-order chi connectivity index (χ1) is 15.6. The van der Waals surface area contributed by atoms with Gasteiger partial charge in [0, 0.05) is 36.2 Å². The van der Waals surface area contributed by atoms with Crippen LogP contribution in [0.15, 0.2) is 77.6 Å². The fourth-order valence-electron chi connectivity index (χ4n) is 3.19. The van der Waals surface area contributed by atoms with Gasteiger partial charge in [-0.2, -0.15) is 0 Å². The molecule has 2 heterocycles. The molecule has 0 bridgehead atoms. The molecule has 0 radical (unpaired) electrons. The van der Waals surface area contributed by atoms with Crippen molar-refractivity contribution in [1.29, 1.82) is 0 Å². The first-order valence-electron chi connectivity index (χ1n) is 10.5. The Morgan fingerprint density at radius 3 is 2.47 bits per heavy atom. The highest BCUT2D eigenvalue weighted by molar-refractivity contribution is 7.44. The summed E-state index contributed by atoms with van der Waals surface area (Å²) >= 11 is 0. The maximum Gasteiger partial charge on any atom is 0.281 e. The molecule has 0 amide bonds. The molecule has 164 valence electrons. The lowest BCUT2D eigenvalue weighted by Gasteiger charge is -2.10. The Morgan fingerprint density at radius 1 is 1.06 bits per heavy atom. The van der Waals surface area contributed by atoms with Gasteiger partial charge in [-0.15, -0.1) is 0 Å². The van der Waals surface area contributed by atoms with E-state index < -0.39 is 7.69 Å². The normalized spacial score (nSPS) is 10.9. The smallest absolute Gasteiger partial charge is 0.281 e. The molecule has 5 nitrogen and oxygen atoms in total. The summed E-state index contributed by atoms with van der Waals surface area (Å²) in [5.41, 5.74) is 3.03. The third kappa shape index (κ3) is 5.65. The van der Waals surface area contributed by atoms with Gasteiger partial charge in [0.05, 0.1) is 5.69 Å². The summed E-state index contributed by atoms with van der Waals surface area (Å²) in [4.78, 5) is 28.5. The van der Waals surface area contributed by atoms with Crippen molar-refractivity contribution in [3.8, 4) is 16.9 Å². The fourth-order valence-corrected chi connectivity index (χ4v) is 4.80. The highest BCUT2D eigenvalue weighted by atomic mass is 31.1. The van der Waals surface area contributed by atoms with Crippen molar-refractivity contribution in [2.75, 3.05) is 0 Å². The molecule has 2 aromatic carbocycles. The minimum Gasteiger partial charge on any atom is -0.303 e. The second-order valence-electron chi connectivity index (χ2n) is 6.85. The zero-order valence-electron chi connectivity index (χ0n) is 18.1. The first-order valence-corrected chi connectivity index (χ1v) is 12.1. The first kappa shape index (κ1) is 23.3. The average molecular weight is 449 g/mol. The molecule has 4 aromatic rings. The van der Waals surface area contributed by atoms with Crippen LogP contribution in [0.2, 0.25) is 0 Å². The minimum absolute atomic E-state index is 0.296. The van der Waals surface area contributed by atoms with Gasteiger partial charge in [-0.3, -0.25) is 9.36 Å². The number of nitrogens with zero attached hydrogens (tertiary/aromatic N) is 3. The van der Waals surface area contributed by atoms with Gasteiger partial charge in [-0.1, -0.05) is 44.2 Å². The van der Waals surface area contributed by atoms with Gasteiger partial charge in [0.15, 0.2) is 0 Å². The Kier molecular flexibility index (Phi) is 8.23. The van der Waals surface area contributed by atoms with Gasteiger partial charge in [0.2, 0.25) is 0 Å². The molecule has 0 spiro atoms. The van der Waals surface area contributed by atoms with Crippen molar-refractivity contribution < 1.29 is 9.18 Å². The number of carbonyl (C=O) groups excluding carboxylic acids is 1. The third-order valence-corrected chi connectivity index (χ3v) is 6.35. The number of aromatic nitrogens is 3. The number of halogens is 1. The summed E-state index contributed by atoms with van der Waals surface area (Å²) in [6, 6.07) is 15.8. The Bertz CT molecular complexity index is 1220. The highest BCUT2D eigenvalue weighted by Gasteiger charge is 2.14. The molecule has 1 atom stereocenters. The summed E-state index contributed by atoms with van der Waals surface area (Å²) < 4.78 is 19.4. The Balaban J connectivity index is 0.00000141. The SMILES string of the molecule is CC.O=CCCc1cn(-c2ccc(F)cc2)c(=O)c(-c2cnp(Cc3ccccc3)c2)n1. The maximum atomic E-state index is 13.3. The Labute approximate surface area is 187 Å². The van der Waals surface area contributed by atoms with Gasteiger partial charge in [0.1, 0.15) is 17.8 Å². The van der Waals surface area contributed by atoms with Crippen LogP contribution >= 0.6 is 7.69 Å². The largest absolute Gasteiger partial charge is 0.303 e. The summed E-state index contributed by atoms with van der Waals surface area (Å²) in [6.07, 6.45) is 5.67. The van der Waals surface area contributed by atoms with Crippen molar-refractivity contribution >= 4 is 14.0 Å². The van der Waals surface area contributed by atoms with Crippen molar-refractivity contribution in [3.05, 3.63) is 100 Å². The number of aldehydes is 1. The van der Waals surface area contributed by atoms with Crippen molar-refractivity contribution in [2.45, 2.75) is 32.9 Å². The van der Waals surface area contributed by atoms with Gasteiger partial charge < -0.3 is 4.79 Å². The number of hydrogen-bond donors (Lipinski definition) is 0. The lowest BCUT2D eigenvalue weighted by Crippen LogP contribution is -2.22. The zero-order chi connectivity index (χ0) is 22.9. The third-order valence-electron chi connectivity index (χ3n) is 4.67. The van der Waals surface area contributed by atoms with E-state index in [9.17, 15) is 14.0 Å².